The van der Waals surface area contributed by atoms with E-state index in [4.69, 9.17) is 0 Å². The molecular formula is C25H35N3O2. The lowest BCUT2D eigenvalue weighted by molar-refractivity contribution is -0.129. The molecule has 1 aromatic heterocycles. The van der Waals surface area contributed by atoms with Gasteiger partial charge in [-0.15, -0.1) is 0 Å². The Balaban J connectivity index is 1.42. The summed E-state index contributed by atoms with van der Waals surface area (Å²) >= 11 is 0. The first kappa shape index (κ1) is 20.1. The predicted molar refractivity (Wildman–Crippen MR) is 120 cm³/mol. The first-order valence-electron chi connectivity index (χ1n) is 11.7. The van der Waals surface area contributed by atoms with Gasteiger partial charge >= 0.3 is 0 Å². The second kappa shape index (κ2) is 7.69. The number of amides is 1. The molecule has 2 heterocycles. The fraction of sp³-hybridized carbons (Fsp3) is 0.640. The molecule has 2 aliphatic carbocycles. The van der Waals surface area contributed by atoms with Crippen LogP contribution in [0.4, 0.5) is 0 Å². The highest BCUT2D eigenvalue weighted by Gasteiger charge is 2.42. The summed E-state index contributed by atoms with van der Waals surface area (Å²) in [5, 5.41) is 14.9. The van der Waals surface area contributed by atoms with E-state index in [0.29, 0.717) is 18.0 Å². The molecule has 1 amide bonds. The van der Waals surface area contributed by atoms with Gasteiger partial charge in [-0.1, -0.05) is 25.0 Å². The van der Waals surface area contributed by atoms with Gasteiger partial charge in [0.25, 0.3) is 0 Å². The molecule has 5 heteroatoms. The van der Waals surface area contributed by atoms with E-state index in [9.17, 15) is 9.90 Å². The largest absolute Gasteiger partial charge is 0.391 e. The fourth-order valence-electron chi connectivity index (χ4n) is 6.27. The van der Waals surface area contributed by atoms with E-state index in [1.807, 2.05) is 0 Å². The molecule has 2 unspecified atom stereocenters. The first-order chi connectivity index (χ1) is 14.4. The number of aromatic nitrogens is 1. The lowest BCUT2D eigenvalue weighted by Gasteiger charge is -2.45. The first-order valence-corrected chi connectivity index (χ1v) is 11.7. The van der Waals surface area contributed by atoms with Gasteiger partial charge in [0.2, 0.25) is 5.91 Å². The molecule has 1 saturated carbocycles. The van der Waals surface area contributed by atoms with Crippen molar-refractivity contribution in [1.82, 2.24) is 14.8 Å². The molecule has 30 heavy (non-hydrogen) atoms. The third-order valence-corrected chi connectivity index (χ3v) is 7.86. The molecule has 2 fully saturated rings. The van der Waals surface area contributed by atoms with Crippen molar-refractivity contribution in [3.05, 3.63) is 35.5 Å². The number of carbonyl (C=O) groups is 1. The number of nitrogens with one attached hydrogen (secondary N) is 1. The maximum Gasteiger partial charge on any atom is 0.224 e. The van der Waals surface area contributed by atoms with Crippen molar-refractivity contribution in [2.45, 2.75) is 82.5 Å². The van der Waals surface area contributed by atoms with E-state index in [0.717, 1.165) is 45.1 Å². The molecule has 0 spiro atoms. The summed E-state index contributed by atoms with van der Waals surface area (Å²) in [4.78, 5) is 15.6. The lowest BCUT2D eigenvalue weighted by atomic mass is 9.72. The minimum absolute atomic E-state index is 0.0191. The molecule has 2 aromatic rings. The van der Waals surface area contributed by atoms with Gasteiger partial charge in [0.05, 0.1) is 18.1 Å². The highest BCUT2D eigenvalue weighted by atomic mass is 16.3. The zero-order valence-electron chi connectivity index (χ0n) is 18.5. The van der Waals surface area contributed by atoms with Crippen molar-refractivity contribution < 1.29 is 9.90 Å². The smallest absolute Gasteiger partial charge is 0.224 e. The van der Waals surface area contributed by atoms with Crippen molar-refractivity contribution in [2.75, 3.05) is 13.6 Å². The normalized spacial score (nSPS) is 31.7. The number of likely N-dealkylation sites (N-methyl/N-ethyl adjacent to an activating group) is 1. The van der Waals surface area contributed by atoms with Crippen molar-refractivity contribution in [1.29, 1.82) is 0 Å². The van der Waals surface area contributed by atoms with Crippen molar-refractivity contribution >= 4 is 16.8 Å². The number of piperidine rings is 1. The molecule has 0 radical (unpaired) electrons. The molecule has 1 aliphatic heterocycles. The standard InChI is InChI=1S/C25H35N3O2/c1-15(2)28-14-16-12-22-19(18-7-6-9-21(28)24(16)18)11-17(13-27(22)3)25(30)26-20-8-4-5-10-23(20)29/h6-7,9,14-15,17,19-20,22-23,29H,4-5,8,10-13H2,1-3H3,(H,26,30)/t17-,19-,20?,22-,23?/m1/s1. The third-order valence-electron chi connectivity index (χ3n) is 7.86. The van der Waals surface area contributed by atoms with Gasteiger partial charge in [0.1, 0.15) is 0 Å². The third kappa shape index (κ3) is 3.27. The van der Waals surface area contributed by atoms with Gasteiger partial charge in [-0.2, -0.15) is 0 Å². The molecular weight excluding hydrogens is 374 g/mol. The van der Waals surface area contributed by atoms with Crippen LogP contribution in [0.5, 0.6) is 0 Å². The number of likely N-dealkylation sites (tertiary alicyclic amines) is 1. The molecule has 5 atom stereocenters. The topological polar surface area (TPSA) is 57.5 Å². The number of fused-ring (bicyclic) bond motifs is 2. The number of rotatable bonds is 3. The minimum atomic E-state index is -0.390. The van der Waals surface area contributed by atoms with Gasteiger partial charge in [-0.05, 0) is 63.8 Å². The summed E-state index contributed by atoms with van der Waals surface area (Å²) in [5.74, 6) is 0.494. The quantitative estimate of drug-likeness (QED) is 0.814. The molecule has 5 rings (SSSR count). The predicted octanol–water partition coefficient (Wildman–Crippen LogP) is 3.60. The lowest BCUT2D eigenvalue weighted by Crippen LogP contribution is -2.54. The van der Waals surface area contributed by atoms with Gasteiger partial charge in [-0.25, -0.2) is 0 Å². The van der Waals surface area contributed by atoms with Crippen LogP contribution < -0.4 is 5.32 Å². The van der Waals surface area contributed by atoms with E-state index < -0.39 is 6.10 Å². The molecule has 0 bridgehead atoms. The summed E-state index contributed by atoms with van der Waals surface area (Å²) < 4.78 is 2.40. The van der Waals surface area contributed by atoms with E-state index in [2.05, 4.69) is 60.1 Å². The van der Waals surface area contributed by atoms with Gasteiger partial charge in [0, 0.05) is 41.6 Å². The average molecular weight is 410 g/mol. The Morgan fingerprint density at radius 2 is 2.03 bits per heavy atom. The van der Waals surface area contributed by atoms with Crippen LogP contribution >= 0.6 is 0 Å². The van der Waals surface area contributed by atoms with Crippen LogP contribution in [0.2, 0.25) is 0 Å². The van der Waals surface area contributed by atoms with Crippen molar-refractivity contribution in [3.8, 4) is 0 Å². The van der Waals surface area contributed by atoms with Crippen LogP contribution in [0.15, 0.2) is 24.4 Å². The summed E-state index contributed by atoms with van der Waals surface area (Å²) in [6, 6.07) is 7.53. The van der Waals surface area contributed by atoms with E-state index >= 15 is 0 Å². The Bertz CT molecular complexity index is 949. The summed E-state index contributed by atoms with van der Waals surface area (Å²) in [5.41, 5.74) is 4.20. The number of aliphatic hydroxyl groups excluding tert-OH is 1. The summed E-state index contributed by atoms with van der Waals surface area (Å²) in [6.45, 7) is 5.28. The number of hydrogen-bond acceptors (Lipinski definition) is 3. The van der Waals surface area contributed by atoms with Crippen LogP contribution in [-0.4, -0.2) is 52.3 Å². The fourth-order valence-corrected chi connectivity index (χ4v) is 6.27. The van der Waals surface area contributed by atoms with E-state index in [1.54, 1.807) is 0 Å². The van der Waals surface area contributed by atoms with Gasteiger partial charge in [0.15, 0.2) is 0 Å². The van der Waals surface area contributed by atoms with Crippen LogP contribution in [0, 0.1) is 5.92 Å². The maximum absolute atomic E-state index is 13.2. The Hall–Kier alpha value is -1.85. The van der Waals surface area contributed by atoms with E-state index in [-0.39, 0.29) is 17.9 Å². The highest BCUT2D eigenvalue weighted by Crippen LogP contribution is 2.45. The molecule has 3 aliphatic rings. The molecule has 2 N–H and O–H groups in total. The van der Waals surface area contributed by atoms with Crippen LogP contribution in [0.3, 0.4) is 0 Å². The summed E-state index contributed by atoms with van der Waals surface area (Å²) in [6.07, 6.45) is 7.77. The van der Waals surface area contributed by atoms with Crippen LogP contribution in [-0.2, 0) is 11.2 Å². The monoisotopic (exact) mass is 409 g/mol. The van der Waals surface area contributed by atoms with Gasteiger partial charge in [-0.3, -0.25) is 4.79 Å². The Labute approximate surface area is 179 Å². The van der Waals surface area contributed by atoms with Crippen molar-refractivity contribution in [2.24, 2.45) is 5.92 Å². The number of hydrogen-bond donors (Lipinski definition) is 2. The van der Waals surface area contributed by atoms with E-state index in [1.165, 1.54) is 22.0 Å². The second-order valence-corrected chi connectivity index (χ2v) is 10.1. The van der Waals surface area contributed by atoms with Crippen LogP contribution in [0.25, 0.3) is 10.9 Å². The molecule has 162 valence electrons. The minimum Gasteiger partial charge on any atom is -0.391 e. The number of carbonyl (C=O) groups excluding carboxylic acids is 1. The Morgan fingerprint density at radius 1 is 1.23 bits per heavy atom. The van der Waals surface area contributed by atoms with Gasteiger partial charge < -0.3 is 19.9 Å². The zero-order valence-corrected chi connectivity index (χ0v) is 18.5. The molecule has 1 aromatic carbocycles. The molecule has 1 saturated heterocycles. The number of nitrogens with zero attached hydrogens (tertiary/aromatic N) is 2. The highest BCUT2D eigenvalue weighted by molar-refractivity contribution is 5.89. The number of benzene rings is 1. The SMILES string of the molecule is CC(C)n1cc2c3c(cccc31)[C@H]1C[C@@H](C(=O)NC3CCCCC3O)CN(C)[C@@H]1C2. The zero-order chi connectivity index (χ0) is 21.0. The second-order valence-electron chi connectivity index (χ2n) is 10.1. The average Bonchev–Trinajstić information content (AvgIpc) is 3.10. The summed E-state index contributed by atoms with van der Waals surface area (Å²) in [7, 11) is 2.18. The number of aliphatic hydroxyl groups is 1. The Morgan fingerprint density at radius 3 is 2.80 bits per heavy atom. The van der Waals surface area contributed by atoms with Crippen molar-refractivity contribution in [3.63, 3.8) is 0 Å². The van der Waals surface area contributed by atoms with Crippen LogP contribution in [0.1, 0.15) is 69.0 Å². The maximum atomic E-state index is 13.2. The Kier molecular flexibility index (Phi) is 5.14. The molecule has 5 nitrogen and oxygen atoms in total.